The van der Waals surface area contributed by atoms with Crippen molar-refractivity contribution < 1.29 is 64.3 Å². The molecule has 0 unspecified atom stereocenters. The monoisotopic (exact) mass is 210 g/mol. The standard InChI is InChI=1S/C8H7BF3.K/c10-9(11,12)7-6-8-4-2-1-3-5-8;/h1-7H;/q-1;+1/b7-6-;. The second-order valence-electron chi connectivity index (χ2n) is 2.40. The van der Waals surface area contributed by atoms with Gasteiger partial charge in [0.25, 0.3) is 0 Å². The summed E-state index contributed by atoms with van der Waals surface area (Å²) in [6, 6.07) is 8.40. The van der Waals surface area contributed by atoms with E-state index < -0.39 is 6.98 Å². The molecule has 0 spiro atoms. The first kappa shape index (κ1) is 13.5. The predicted octanol–water partition coefficient (Wildman–Crippen LogP) is 0.0904. The van der Waals surface area contributed by atoms with Crippen LogP contribution in [0, 0.1) is 0 Å². The molecule has 1 aromatic carbocycles. The smallest absolute Gasteiger partial charge is 0.445 e. The van der Waals surface area contributed by atoms with E-state index in [0.717, 1.165) is 6.08 Å². The third-order valence-electron chi connectivity index (χ3n) is 1.31. The molecule has 0 heterocycles. The number of rotatable bonds is 2. The summed E-state index contributed by atoms with van der Waals surface area (Å²) in [7, 11) is 0. The Morgan fingerprint density at radius 3 is 2.00 bits per heavy atom. The van der Waals surface area contributed by atoms with Crippen LogP contribution in [-0.2, 0) is 0 Å². The van der Waals surface area contributed by atoms with Gasteiger partial charge in [0.05, 0.1) is 0 Å². The Labute approximate surface area is 118 Å². The fraction of sp³-hybridized carbons (Fsp3) is 0. The largest absolute Gasteiger partial charge is 1.00 e. The second-order valence-corrected chi connectivity index (χ2v) is 2.40. The van der Waals surface area contributed by atoms with Gasteiger partial charge in [-0.25, -0.2) is 0 Å². The summed E-state index contributed by atoms with van der Waals surface area (Å²) in [5.74, 6) is 0.287. The minimum Gasteiger partial charge on any atom is -0.445 e. The number of benzene rings is 1. The first-order chi connectivity index (χ1) is 5.58. The number of hydrogen-bond acceptors (Lipinski definition) is 0. The molecular formula is C8H7BF3K. The Balaban J connectivity index is 0.00000144. The zero-order chi connectivity index (χ0) is 9.03. The average molecular weight is 210 g/mol. The summed E-state index contributed by atoms with van der Waals surface area (Å²) < 4.78 is 35.2. The van der Waals surface area contributed by atoms with Crippen LogP contribution in [0.15, 0.2) is 36.3 Å². The van der Waals surface area contributed by atoms with Gasteiger partial charge < -0.3 is 12.9 Å². The molecule has 0 saturated heterocycles. The molecule has 0 radical (unpaired) electrons. The Hall–Kier alpha value is 0.451. The van der Waals surface area contributed by atoms with E-state index in [2.05, 4.69) is 0 Å². The van der Waals surface area contributed by atoms with Gasteiger partial charge in [-0.15, -0.1) is 5.98 Å². The van der Waals surface area contributed by atoms with Gasteiger partial charge in [0.15, 0.2) is 0 Å². The molecule has 0 aromatic heterocycles. The van der Waals surface area contributed by atoms with Crippen LogP contribution in [0.4, 0.5) is 12.9 Å². The van der Waals surface area contributed by atoms with Crippen LogP contribution in [0.25, 0.3) is 6.08 Å². The maximum Gasteiger partial charge on any atom is 1.00 e. The summed E-state index contributed by atoms with van der Waals surface area (Å²) in [5.41, 5.74) is 0.566. The van der Waals surface area contributed by atoms with Crippen molar-refractivity contribution in [3.63, 3.8) is 0 Å². The van der Waals surface area contributed by atoms with Crippen molar-refractivity contribution in [2.24, 2.45) is 0 Å². The molecule has 0 atom stereocenters. The van der Waals surface area contributed by atoms with Crippen molar-refractivity contribution in [2.45, 2.75) is 0 Å². The van der Waals surface area contributed by atoms with Crippen LogP contribution in [-0.4, -0.2) is 6.98 Å². The van der Waals surface area contributed by atoms with Crippen LogP contribution in [0.2, 0.25) is 0 Å². The molecule has 0 saturated carbocycles. The molecule has 0 amide bonds. The normalized spacial score (nSPS) is 11.3. The van der Waals surface area contributed by atoms with Crippen molar-refractivity contribution >= 4 is 13.1 Å². The topological polar surface area (TPSA) is 0 Å². The summed E-state index contributed by atoms with van der Waals surface area (Å²) in [4.78, 5) is 0. The SMILES string of the molecule is F[B-](F)(F)/C=C\c1ccccc1.[K+]. The molecular weight excluding hydrogens is 203 g/mol. The van der Waals surface area contributed by atoms with E-state index in [-0.39, 0.29) is 57.4 Å². The van der Waals surface area contributed by atoms with E-state index in [1.807, 2.05) is 0 Å². The molecule has 0 aliphatic carbocycles. The zero-order valence-electron chi connectivity index (χ0n) is 7.25. The van der Waals surface area contributed by atoms with E-state index in [4.69, 9.17) is 0 Å². The van der Waals surface area contributed by atoms with Crippen LogP contribution >= 0.6 is 0 Å². The zero-order valence-corrected chi connectivity index (χ0v) is 10.4. The van der Waals surface area contributed by atoms with Crippen molar-refractivity contribution in [2.75, 3.05) is 0 Å². The van der Waals surface area contributed by atoms with E-state index >= 15 is 0 Å². The van der Waals surface area contributed by atoms with Crippen LogP contribution < -0.4 is 51.4 Å². The molecule has 13 heavy (non-hydrogen) atoms. The Morgan fingerprint density at radius 1 is 1.00 bits per heavy atom. The van der Waals surface area contributed by atoms with Crippen LogP contribution in [0.5, 0.6) is 0 Å². The van der Waals surface area contributed by atoms with Gasteiger partial charge in [-0.1, -0.05) is 36.4 Å². The third-order valence-corrected chi connectivity index (χ3v) is 1.31. The van der Waals surface area contributed by atoms with Gasteiger partial charge >= 0.3 is 58.4 Å². The fourth-order valence-corrected chi connectivity index (χ4v) is 0.784. The van der Waals surface area contributed by atoms with Crippen LogP contribution in [0.3, 0.4) is 0 Å². The first-order valence-electron chi connectivity index (χ1n) is 3.52. The van der Waals surface area contributed by atoms with Crippen molar-refractivity contribution in [3.8, 4) is 0 Å². The number of halogens is 3. The number of hydrogen-bond donors (Lipinski definition) is 0. The Bertz CT molecular complexity index is 268. The minimum atomic E-state index is -4.81. The van der Waals surface area contributed by atoms with E-state index in [0.29, 0.717) is 5.56 Å². The molecule has 0 aliphatic rings. The summed E-state index contributed by atoms with van der Waals surface area (Å²) in [6.07, 6.45) is 1.07. The molecule has 0 fully saturated rings. The van der Waals surface area contributed by atoms with Gasteiger partial charge in [-0.05, 0) is 5.56 Å². The van der Waals surface area contributed by atoms with E-state index in [1.54, 1.807) is 30.3 Å². The quantitative estimate of drug-likeness (QED) is 0.607. The molecule has 1 aromatic rings. The van der Waals surface area contributed by atoms with Crippen LogP contribution in [0.1, 0.15) is 5.56 Å². The van der Waals surface area contributed by atoms with Gasteiger partial charge in [-0.2, -0.15) is 0 Å². The van der Waals surface area contributed by atoms with Gasteiger partial charge in [0, 0.05) is 0 Å². The molecule has 0 bridgehead atoms. The molecule has 1 rings (SSSR count). The Morgan fingerprint density at radius 2 is 1.54 bits per heavy atom. The van der Waals surface area contributed by atoms with E-state index in [9.17, 15) is 12.9 Å². The molecule has 0 nitrogen and oxygen atoms in total. The summed E-state index contributed by atoms with van der Waals surface area (Å²) in [5, 5.41) is 0. The summed E-state index contributed by atoms with van der Waals surface area (Å²) >= 11 is 0. The third kappa shape index (κ3) is 6.51. The van der Waals surface area contributed by atoms with Crippen molar-refractivity contribution in [1.29, 1.82) is 0 Å². The Kier molecular flexibility index (Phi) is 6.24. The van der Waals surface area contributed by atoms with Gasteiger partial charge in [0.2, 0.25) is 0 Å². The molecule has 5 heteroatoms. The van der Waals surface area contributed by atoms with Crippen molar-refractivity contribution in [3.05, 3.63) is 41.9 Å². The molecule has 64 valence electrons. The molecule has 0 aliphatic heterocycles. The van der Waals surface area contributed by atoms with E-state index in [1.165, 1.54) is 0 Å². The van der Waals surface area contributed by atoms with Gasteiger partial charge in [0.1, 0.15) is 0 Å². The first-order valence-corrected chi connectivity index (χ1v) is 3.52. The summed E-state index contributed by atoms with van der Waals surface area (Å²) in [6.45, 7) is -4.81. The second kappa shape index (κ2) is 6.03. The fourth-order valence-electron chi connectivity index (χ4n) is 0.784. The van der Waals surface area contributed by atoms with Crippen molar-refractivity contribution in [1.82, 2.24) is 0 Å². The predicted molar refractivity (Wildman–Crippen MR) is 44.6 cm³/mol. The van der Waals surface area contributed by atoms with Gasteiger partial charge in [-0.3, -0.25) is 0 Å². The maximum atomic E-state index is 11.7. The average Bonchev–Trinajstić information content (AvgIpc) is 2.02. The molecule has 0 N–H and O–H groups in total. The maximum absolute atomic E-state index is 11.7. The minimum absolute atomic E-state index is 0.